The summed E-state index contributed by atoms with van der Waals surface area (Å²) < 4.78 is 17.6. The smallest absolute Gasteiger partial charge is 0.209 e. The summed E-state index contributed by atoms with van der Waals surface area (Å²) in [4.78, 5) is 8.35. The predicted molar refractivity (Wildman–Crippen MR) is 52.4 cm³/mol. The Morgan fingerprint density at radius 1 is 1.46 bits per heavy atom. The Balaban J connectivity index is 2.91. The molecule has 1 heterocycles. The zero-order chi connectivity index (χ0) is 10.7. The van der Waals surface area contributed by atoms with Crippen molar-refractivity contribution in [1.29, 1.82) is 0 Å². The highest BCUT2D eigenvalue weighted by Crippen LogP contribution is 2.13. The van der Waals surface area contributed by atoms with E-state index in [-0.39, 0.29) is 12.0 Å². The first kappa shape index (κ1) is 8.53. The fraction of sp³-hybridized carbons (Fsp3) is 0.778. The molecule has 2 atom stereocenters. The highest BCUT2D eigenvalue weighted by Gasteiger charge is 2.24. The van der Waals surface area contributed by atoms with Crippen LogP contribution in [0.5, 0.6) is 0 Å². The maximum Gasteiger partial charge on any atom is 0.209 e. The van der Waals surface area contributed by atoms with Crippen LogP contribution in [0.25, 0.3) is 0 Å². The minimum Gasteiger partial charge on any atom is -0.483 e. The third kappa shape index (κ3) is 2.20. The van der Waals surface area contributed by atoms with Gasteiger partial charge in [-0.25, -0.2) is 9.98 Å². The highest BCUT2D eigenvalue weighted by molar-refractivity contribution is 5.91. The van der Waals surface area contributed by atoms with Gasteiger partial charge in [0.05, 0.1) is 15.6 Å². The van der Waals surface area contributed by atoms with Gasteiger partial charge in [-0.2, -0.15) is 0 Å². The number of hydrogen-bond donors (Lipinski definition) is 0. The average molecular weight is 185 g/mol. The molecule has 1 aliphatic heterocycles. The largest absolute Gasteiger partial charge is 0.483 e. The second-order valence-electron chi connectivity index (χ2n) is 3.16. The molecular formula is C9H16N2O2. The summed E-state index contributed by atoms with van der Waals surface area (Å²) in [5, 5.41) is 0. The minimum absolute atomic E-state index is 0.128. The van der Waals surface area contributed by atoms with Crippen molar-refractivity contribution in [3.05, 3.63) is 0 Å². The maximum atomic E-state index is 7.57. The van der Waals surface area contributed by atoms with Crippen LogP contribution >= 0.6 is 0 Å². The summed E-state index contributed by atoms with van der Waals surface area (Å²) >= 11 is 0. The zero-order valence-electron chi connectivity index (χ0n) is 9.44. The van der Waals surface area contributed by atoms with E-state index >= 15 is 0 Å². The van der Waals surface area contributed by atoms with E-state index in [9.17, 15) is 0 Å². The average Bonchev–Trinajstić information content (AvgIpc) is 2.16. The fourth-order valence-electron chi connectivity index (χ4n) is 1.13. The molecule has 0 aliphatic carbocycles. The van der Waals surface area contributed by atoms with Crippen molar-refractivity contribution >= 4 is 11.8 Å². The molecular weight excluding hydrogens is 168 g/mol. The summed E-state index contributed by atoms with van der Waals surface area (Å²) in [6.07, 6.45) is 0. The lowest BCUT2D eigenvalue weighted by atomic mass is 10.0. The molecule has 1 aliphatic rings. The third-order valence-electron chi connectivity index (χ3n) is 1.87. The van der Waals surface area contributed by atoms with Crippen LogP contribution in [0.3, 0.4) is 0 Å². The fourth-order valence-corrected chi connectivity index (χ4v) is 1.13. The van der Waals surface area contributed by atoms with E-state index in [1.165, 1.54) is 7.11 Å². The lowest BCUT2D eigenvalue weighted by molar-refractivity contribution is 0.344. The van der Waals surface area contributed by atoms with Crippen molar-refractivity contribution in [1.82, 2.24) is 0 Å². The van der Waals surface area contributed by atoms with E-state index in [1.54, 1.807) is 7.11 Å². The van der Waals surface area contributed by atoms with Gasteiger partial charge in [0.2, 0.25) is 11.8 Å². The summed E-state index contributed by atoms with van der Waals surface area (Å²) in [6, 6.07) is -0.128. The van der Waals surface area contributed by atoms with E-state index in [0.717, 1.165) is 0 Å². The van der Waals surface area contributed by atoms with Crippen LogP contribution in [0.4, 0.5) is 0 Å². The molecule has 0 saturated carbocycles. The zero-order valence-corrected chi connectivity index (χ0v) is 8.44. The summed E-state index contributed by atoms with van der Waals surface area (Å²) in [5.74, 6) is 1.15. The number of hydrogen-bond acceptors (Lipinski definition) is 4. The van der Waals surface area contributed by atoms with Crippen molar-refractivity contribution in [3.8, 4) is 0 Å². The number of nitrogens with zero attached hydrogens (tertiary/aromatic N) is 2. The SMILES string of the molecule is [2H]C1N=C(OC)[C@@H](C(C)C)N=C1OC. The van der Waals surface area contributed by atoms with Gasteiger partial charge in [-0.05, 0) is 5.92 Å². The highest BCUT2D eigenvalue weighted by atomic mass is 16.5. The van der Waals surface area contributed by atoms with Gasteiger partial charge in [0, 0.05) is 0 Å². The van der Waals surface area contributed by atoms with Crippen molar-refractivity contribution in [2.45, 2.75) is 19.9 Å². The summed E-state index contributed by atoms with van der Waals surface area (Å²) in [7, 11) is 3.05. The van der Waals surface area contributed by atoms with Gasteiger partial charge < -0.3 is 9.47 Å². The van der Waals surface area contributed by atoms with Crippen molar-refractivity contribution in [2.75, 3.05) is 20.7 Å². The number of aliphatic imine (C=N–C) groups is 2. The third-order valence-corrected chi connectivity index (χ3v) is 1.87. The molecule has 1 rings (SSSR count). The van der Waals surface area contributed by atoms with Crippen LogP contribution < -0.4 is 0 Å². The lowest BCUT2D eigenvalue weighted by Gasteiger charge is -2.22. The normalized spacial score (nSPS) is 29.2. The molecule has 13 heavy (non-hydrogen) atoms. The standard InChI is InChI=1S/C9H16N2O2/c1-6(2)8-9(13-4)10-5-7(11-8)12-3/h6,8H,5H2,1-4H3/t8-/m1/s1/i5D/t5?,8-. The van der Waals surface area contributed by atoms with E-state index in [2.05, 4.69) is 9.98 Å². The molecule has 0 radical (unpaired) electrons. The topological polar surface area (TPSA) is 43.2 Å². The molecule has 0 aromatic heterocycles. The second-order valence-corrected chi connectivity index (χ2v) is 3.16. The minimum atomic E-state index is -0.787. The Labute approximate surface area is 80.1 Å². The Hall–Kier alpha value is -1.06. The van der Waals surface area contributed by atoms with E-state index in [0.29, 0.717) is 11.8 Å². The van der Waals surface area contributed by atoms with Crippen LogP contribution in [0.15, 0.2) is 9.98 Å². The first-order chi connectivity index (χ1) is 6.60. The monoisotopic (exact) mass is 185 g/mol. The van der Waals surface area contributed by atoms with Crippen LogP contribution in [0.2, 0.25) is 0 Å². The lowest BCUT2D eigenvalue weighted by Crippen LogP contribution is -2.32. The molecule has 0 N–H and O–H groups in total. The van der Waals surface area contributed by atoms with Crippen molar-refractivity contribution < 1.29 is 10.8 Å². The summed E-state index contributed by atoms with van der Waals surface area (Å²) in [5.41, 5.74) is 0. The molecule has 0 spiro atoms. The van der Waals surface area contributed by atoms with Gasteiger partial charge in [-0.15, -0.1) is 0 Å². The Kier molecular flexibility index (Phi) is 2.79. The Morgan fingerprint density at radius 3 is 2.62 bits per heavy atom. The first-order valence-electron chi connectivity index (χ1n) is 4.83. The summed E-state index contributed by atoms with van der Waals surface area (Å²) in [6.45, 7) is 3.27. The van der Waals surface area contributed by atoms with Crippen molar-refractivity contribution in [3.63, 3.8) is 0 Å². The molecule has 4 nitrogen and oxygen atoms in total. The van der Waals surface area contributed by atoms with E-state index in [1.807, 2.05) is 13.8 Å². The molecule has 0 aromatic rings. The first-order valence-corrected chi connectivity index (χ1v) is 4.25. The van der Waals surface area contributed by atoms with Crippen LogP contribution in [-0.4, -0.2) is 38.6 Å². The van der Waals surface area contributed by atoms with E-state index < -0.39 is 6.52 Å². The number of ether oxygens (including phenoxy) is 2. The number of methoxy groups -OCH3 is 2. The molecule has 0 bridgehead atoms. The molecule has 0 fully saturated rings. The molecule has 0 aromatic carbocycles. The van der Waals surface area contributed by atoms with Crippen LogP contribution in [-0.2, 0) is 9.47 Å². The quantitative estimate of drug-likeness (QED) is 0.614. The van der Waals surface area contributed by atoms with Gasteiger partial charge in [0.25, 0.3) is 0 Å². The molecule has 1 unspecified atom stereocenters. The van der Waals surface area contributed by atoms with E-state index in [4.69, 9.17) is 10.8 Å². The van der Waals surface area contributed by atoms with Crippen LogP contribution in [0.1, 0.15) is 15.2 Å². The molecule has 0 amide bonds. The maximum absolute atomic E-state index is 7.57. The van der Waals surface area contributed by atoms with Crippen LogP contribution in [0, 0.1) is 5.92 Å². The van der Waals surface area contributed by atoms with Gasteiger partial charge in [0.15, 0.2) is 0 Å². The molecule has 0 saturated heterocycles. The van der Waals surface area contributed by atoms with Crippen molar-refractivity contribution in [2.24, 2.45) is 15.9 Å². The number of rotatable bonds is 1. The van der Waals surface area contributed by atoms with Gasteiger partial charge >= 0.3 is 0 Å². The Bertz CT molecular complexity index is 264. The second kappa shape index (κ2) is 4.25. The van der Waals surface area contributed by atoms with Gasteiger partial charge in [0.1, 0.15) is 12.6 Å². The molecule has 74 valence electrons. The Morgan fingerprint density at radius 2 is 2.15 bits per heavy atom. The predicted octanol–water partition coefficient (Wildman–Crippen LogP) is 1.11. The molecule has 4 heteroatoms. The van der Waals surface area contributed by atoms with Gasteiger partial charge in [-0.3, -0.25) is 0 Å². The van der Waals surface area contributed by atoms with Gasteiger partial charge in [-0.1, -0.05) is 13.8 Å².